The second-order valence-corrected chi connectivity index (χ2v) is 7.47. The lowest BCUT2D eigenvalue weighted by molar-refractivity contribution is -0.130. The molecule has 0 spiro atoms. The summed E-state index contributed by atoms with van der Waals surface area (Å²) in [6.07, 6.45) is 0.454. The van der Waals surface area contributed by atoms with E-state index in [1.807, 2.05) is 54.4 Å². The second-order valence-electron chi connectivity index (χ2n) is 7.47. The van der Waals surface area contributed by atoms with Gasteiger partial charge in [0.2, 0.25) is 5.91 Å². The molecule has 2 heteroatoms. The Morgan fingerprint density at radius 3 is 1.93 bits per heavy atom. The van der Waals surface area contributed by atoms with Crippen molar-refractivity contribution in [3.63, 3.8) is 0 Å². The number of benzene rings is 4. The van der Waals surface area contributed by atoms with Gasteiger partial charge in [0, 0.05) is 25.9 Å². The van der Waals surface area contributed by atoms with Crippen LogP contribution in [0.2, 0.25) is 0 Å². The van der Waals surface area contributed by atoms with Crippen molar-refractivity contribution in [3.05, 3.63) is 120 Å². The first-order valence-corrected chi connectivity index (χ1v) is 10.0. The first-order valence-electron chi connectivity index (χ1n) is 10.0. The predicted octanol–water partition coefficient (Wildman–Crippen LogP) is 6.02. The summed E-state index contributed by atoms with van der Waals surface area (Å²) in [6, 6.07) is 35.2. The molecule has 4 aromatic rings. The van der Waals surface area contributed by atoms with Crippen molar-refractivity contribution in [1.82, 2.24) is 4.90 Å². The molecule has 0 N–H and O–H groups in total. The molecule has 0 saturated carbocycles. The minimum Gasteiger partial charge on any atom is -0.341 e. The van der Waals surface area contributed by atoms with E-state index < -0.39 is 0 Å². The number of carbonyl (C=O) groups is 1. The number of rotatable bonds is 6. The van der Waals surface area contributed by atoms with Crippen LogP contribution >= 0.6 is 0 Å². The molecule has 0 atom stereocenters. The monoisotopic (exact) mass is 379 g/mol. The zero-order valence-electron chi connectivity index (χ0n) is 16.7. The van der Waals surface area contributed by atoms with E-state index in [9.17, 15) is 4.79 Å². The summed E-state index contributed by atoms with van der Waals surface area (Å²) in [5.41, 5.74) is 3.52. The molecule has 0 aromatic heterocycles. The van der Waals surface area contributed by atoms with Gasteiger partial charge >= 0.3 is 0 Å². The van der Waals surface area contributed by atoms with Crippen molar-refractivity contribution in [2.24, 2.45) is 0 Å². The molecule has 144 valence electrons. The molecular weight excluding hydrogens is 354 g/mol. The molecule has 0 heterocycles. The average molecular weight is 380 g/mol. The van der Waals surface area contributed by atoms with Crippen molar-refractivity contribution in [2.75, 3.05) is 7.05 Å². The number of carbonyl (C=O) groups excluding carboxylic acids is 1. The van der Waals surface area contributed by atoms with Crippen LogP contribution in [0.15, 0.2) is 103 Å². The van der Waals surface area contributed by atoms with Crippen LogP contribution in [0.1, 0.15) is 29.0 Å². The van der Waals surface area contributed by atoms with Crippen LogP contribution in [0.4, 0.5) is 0 Å². The van der Waals surface area contributed by atoms with Crippen LogP contribution in [-0.2, 0) is 11.3 Å². The standard InChI is InChI=1S/C27H25NO/c1-28(20-24-17-10-16-21-15-8-9-18-25(21)24)27(29)19-26(22-11-4-2-5-12-22)23-13-6-3-7-14-23/h2-18,26H,19-20H2,1H3. The number of nitrogens with zero attached hydrogens (tertiary/aromatic N) is 1. The number of hydrogen-bond donors (Lipinski definition) is 0. The van der Waals surface area contributed by atoms with E-state index in [1.165, 1.54) is 27.5 Å². The van der Waals surface area contributed by atoms with Gasteiger partial charge in [-0.1, -0.05) is 103 Å². The summed E-state index contributed by atoms with van der Waals surface area (Å²) in [4.78, 5) is 15.0. The van der Waals surface area contributed by atoms with E-state index in [4.69, 9.17) is 0 Å². The lowest BCUT2D eigenvalue weighted by Gasteiger charge is -2.23. The molecule has 0 aliphatic rings. The van der Waals surface area contributed by atoms with E-state index in [-0.39, 0.29) is 11.8 Å². The highest BCUT2D eigenvalue weighted by Gasteiger charge is 2.20. The zero-order chi connectivity index (χ0) is 20.1. The third kappa shape index (κ3) is 4.38. The molecule has 4 rings (SSSR count). The normalized spacial score (nSPS) is 11.0. The highest BCUT2D eigenvalue weighted by molar-refractivity contribution is 5.86. The zero-order valence-corrected chi connectivity index (χ0v) is 16.7. The molecule has 0 aliphatic carbocycles. The maximum absolute atomic E-state index is 13.2. The minimum atomic E-state index is 0.0554. The summed E-state index contributed by atoms with van der Waals surface area (Å²) < 4.78 is 0. The lowest BCUT2D eigenvalue weighted by atomic mass is 9.88. The molecule has 4 aromatic carbocycles. The Kier molecular flexibility index (Phi) is 5.71. The van der Waals surface area contributed by atoms with Gasteiger partial charge in [-0.25, -0.2) is 0 Å². The fourth-order valence-electron chi connectivity index (χ4n) is 3.90. The average Bonchev–Trinajstić information content (AvgIpc) is 2.78. The van der Waals surface area contributed by atoms with E-state index in [0.29, 0.717) is 13.0 Å². The summed E-state index contributed by atoms with van der Waals surface area (Å²) in [6.45, 7) is 0.608. The van der Waals surface area contributed by atoms with Crippen LogP contribution < -0.4 is 0 Å². The minimum absolute atomic E-state index is 0.0554. The first-order chi connectivity index (χ1) is 14.2. The van der Waals surface area contributed by atoms with Crippen LogP contribution in [-0.4, -0.2) is 17.9 Å². The number of fused-ring (bicyclic) bond motifs is 1. The fourth-order valence-corrected chi connectivity index (χ4v) is 3.90. The van der Waals surface area contributed by atoms with Crippen molar-refractivity contribution >= 4 is 16.7 Å². The Labute approximate surface area is 172 Å². The molecule has 2 nitrogen and oxygen atoms in total. The van der Waals surface area contributed by atoms with Crippen molar-refractivity contribution < 1.29 is 4.79 Å². The van der Waals surface area contributed by atoms with Gasteiger partial charge in [0.15, 0.2) is 0 Å². The Hall–Kier alpha value is -3.39. The maximum atomic E-state index is 13.2. The van der Waals surface area contributed by atoms with Gasteiger partial charge in [-0.15, -0.1) is 0 Å². The quantitative estimate of drug-likeness (QED) is 0.401. The van der Waals surface area contributed by atoms with Gasteiger partial charge < -0.3 is 4.90 Å². The van der Waals surface area contributed by atoms with E-state index in [0.717, 1.165) is 0 Å². The smallest absolute Gasteiger partial charge is 0.223 e. The van der Waals surface area contributed by atoms with Crippen LogP contribution in [0.25, 0.3) is 10.8 Å². The first kappa shape index (κ1) is 18.9. The molecule has 29 heavy (non-hydrogen) atoms. The van der Waals surface area contributed by atoms with Gasteiger partial charge in [0.25, 0.3) is 0 Å². The molecule has 0 bridgehead atoms. The molecule has 1 amide bonds. The van der Waals surface area contributed by atoms with Gasteiger partial charge in [-0.3, -0.25) is 4.79 Å². The van der Waals surface area contributed by atoms with Gasteiger partial charge in [0.05, 0.1) is 0 Å². The number of amides is 1. The van der Waals surface area contributed by atoms with E-state index in [2.05, 4.69) is 60.7 Å². The van der Waals surface area contributed by atoms with Gasteiger partial charge in [-0.05, 0) is 27.5 Å². The molecule has 0 aliphatic heterocycles. The summed E-state index contributed by atoms with van der Waals surface area (Å²) in [7, 11) is 1.90. The van der Waals surface area contributed by atoms with Gasteiger partial charge in [0.1, 0.15) is 0 Å². The fraction of sp³-hybridized carbons (Fsp3) is 0.148. The van der Waals surface area contributed by atoms with Crippen LogP contribution in [0, 0.1) is 0 Å². The molecular formula is C27H25NO. The molecule has 0 radical (unpaired) electrons. The molecule has 0 fully saturated rings. The highest BCUT2D eigenvalue weighted by atomic mass is 16.2. The lowest BCUT2D eigenvalue weighted by Crippen LogP contribution is -2.28. The molecule has 0 saturated heterocycles. The number of hydrogen-bond acceptors (Lipinski definition) is 1. The van der Waals surface area contributed by atoms with Crippen molar-refractivity contribution in [3.8, 4) is 0 Å². The Morgan fingerprint density at radius 2 is 1.28 bits per heavy atom. The third-order valence-corrected chi connectivity index (χ3v) is 5.50. The largest absolute Gasteiger partial charge is 0.341 e. The Balaban J connectivity index is 1.56. The Bertz CT molecular complexity index is 1040. The summed E-state index contributed by atoms with van der Waals surface area (Å²) in [5, 5.41) is 2.41. The summed E-state index contributed by atoms with van der Waals surface area (Å²) >= 11 is 0. The highest BCUT2D eigenvalue weighted by Crippen LogP contribution is 2.29. The maximum Gasteiger partial charge on any atom is 0.223 e. The van der Waals surface area contributed by atoms with Crippen molar-refractivity contribution in [1.29, 1.82) is 0 Å². The van der Waals surface area contributed by atoms with Crippen LogP contribution in [0.5, 0.6) is 0 Å². The SMILES string of the molecule is CN(Cc1cccc2ccccc12)C(=O)CC(c1ccccc1)c1ccccc1. The van der Waals surface area contributed by atoms with E-state index in [1.54, 1.807) is 0 Å². The predicted molar refractivity (Wildman–Crippen MR) is 120 cm³/mol. The van der Waals surface area contributed by atoms with Crippen LogP contribution in [0.3, 0.4) is 0 Å². The van der Waals surface area contributed by atoms with E-state index >= 15 is 0 Å². The third-order valence-electron chi connectivity index (χ3n) is 5.50. The van der Waals surface area contributed by atoms with Crippen molar-refractivity contribution in [2.45, 2.75) is 18.9 Å². The van der Waals surface area contributed by atoms with Gasteiger partial charge in [-0.2, -0.15) is 0 Å². The summed E-state index contributed by atoms with van der Waals surface area (Å²) in [5.74, 6) is 0.204. The molecule has 0 unspecified atom stereocenters. The Morgan fingerprint density at radius 1 is 0.724 bits per heavy atom. The second kappa shape index (κ2) is 8.74. The topological polar surface area (TPSA) is 20.3 Å².